The fourth-order valence-electron chi connectivity index (χ4n) is 3.33. The van der Waals surface area contributed by atoms with Gasteiger partial charge in [-0.05, 0) is 29.7 Å². The van der Waals surface area contributed by atoms with Crippen LogP contribution in [0.25, 0.3) is 0 Å². The van der Waals surface area contributed by atoms with Crippen molar-refractivity contribution in [2.75, 3.05) is 39.4 Å². The zero-order chi connectivity index (χ0) is 14.8. The average molecular weight is 313 g/mol. The van der Waals surface area contributed by atoms with Gasteiger partial charge >= 0.3 is 0 Å². The van der Waals surface area contributed by atoms with Gasteiger partial charge in [-0.15, -0.1) is 0 Å². The number of hydrogen-bond acceptors (Lipinski definition) is 4. The number of morpholine rings is 1. The highest BCUT2D eigenvalue weighted by Gasteiger charge is 2.38. The van der Waals surface area contributed by atoms with E-state index in [4.69, 9.17) is 20.8 Å². The predicted octanol–water partition coefficient (Wildman–Crippen LogP) is 2.12. The van der Waals surface area contributed by atoms with Gasteiger partial charge in [0.25, 0.3) is 5.91 Å². The first-order valence-corrected chi connectivity index (χ1v) is 7.93. The van der Waals surface area contributed by atoms with E-state index >= 15 is 0 Å². The molecule has 2 atom stereocenters. The third kappa shape index (κ3) is 3.10. The summed E-state index contributed by atoms with van der Waals surface area (Å²) in [5, 5.41) is 0.259. The highest BCUT2D eigenvalue weighted by atomic mass is 35.5. The Morgan fingerprint density at radius 2 is 2.10 bits per heavy atom. The summed E-state index contributed by atoms with van der Waals surface area (Å²) in [6.45, 7) is 7.22. The van der Waals surface area contributed by atoms with E-state index in [1.807, 2.05) is 4.90 Å². The fraction of sp³-hybridized carbons (Fsp3) is 0.667. The van der Waals surface area contributed by atoms with Crippen LogP contribution in [0.3, 0.4) is 0 Å². The molecule has 0 bridgehead atoms. The van der Waals surface area contributed by atoms with Gasteiger partial charge in [0.2, 0.25) is 0 Å². The molecule has 21 heavy (non-hydrogen) atoms. The fourth-order valence-corrected chi connectivity index (χ4v) is 3.48. The standard InChI is InChI=1S/C15H21ClN2O3/c1-2-11-9-18(15(19)13-3-4-14(16)21-13)10-12(11)17-5-7-20-8-6-17/h3-4,11-12H,2,5-10H2,1H3/t11-,12+/m0/s1. The van der Waals surface area contributed by atoms with Crippen LogP contribution < -0.4 is 0 Å². The number of hydrogen-bond donors (Lipinski definition) is 0. The number of ether oxygens (including phenoxy) is 1. The Morgan fingerprint density at radius 3 is 2.71 bits per heavy atom. The molecule has 2 saturated heterocycles. The quantitative estimate of drug-likeness (QED) is 0.857. The van der Waals surface area contributed by atoms with Gasteiger partial charge in [0.05, 0.1) is 13.2 Å². The van der Waals surface area contributed by atoms with Crippen molar-refractivity contribution in [3.63, 3.8) is 0 Å². The lowest BCUT2D eigenvalue weighted by atomic mass is 9.99. The molecule has 0 aliphatic carbocycles. The molecule has 1 amide bonds. The van der Waals surface area contributed by atoms with Crippen molar-refractivity contribution >= 4 is 17.5 Å². The number of rotatable bonds is 3. The molecular formula is C15H21ClN2O3. The molecule has 1 aromatic heterocycles. The molecule has 2 fully saturated rings. The number of carbonyl (C=O) groups excluding carboxylic acids is 1. The second kappa shape index (κ2) is 6.38. The molecular weight excluding hydrogens is 292 g/mol. The van der Waals surface area contributed by atoms with Gasteiger partial charge in [-0.1, -0.05) is 13.3 Å². The van der Waals surface area contributed by atoms with Gasteiger partial charge in [0.15, 0.2) is 11.0 Å². The summed E-state index contributed by atoms with van der Waals surface area (Å²) in [6, 6.07) is 3.68. The van der Waals surface area contributed by atoms with Crippen LogP contribution in [0.15, 0.2) is 16.5 Å². The third-order valence-corrected chi connectivity index (χ3v) is 4.72. The molecule has 2 aliphatic rings. The van der Waals surface area contributed by atoms with Crippen molar-refractivity contribution in [1.82, 2.24) is 9.80 Å². The highest BCUT2D eigenvalue weighted by molar-refractivity contribution is 6.29. The van der Waals surface area contributed by atoms with Crippen LogP contribution in [-0.2, 0) is 4.74 Å². The Kier molecular flexibility index (Phi) is 4.52. The Hall–Kier alpha value is -1.04. The Balaban J connectivity index is 1.69. The largest absolute Gasteiger partial charge is 0.440 e. The summed E-state index contributed by atoms with van der Waals surface area (Å²) in [5.74, 6) is 0.783. The average Bonchev–Trinajstić information content (AvgIpc) is 3.13. The van der Waals surface area contributed by atoms with Gasteiger partial charge in [-0.3, -0.25) is 9.69 Å². The number of halogens is 1. The predicted molar refractivity (Wildman–Crippen MR) is 79.6 cm³/mol. The van der Waals surface area contributed by atoms with Crippen LogP contribution in [0.2, 0.25) is 5.22 Å². The number of carbonyl (C=O) groups is 1. The molecule has 3 rings (SSSR count). The van der Waals surface area contributed by atoms with E-state index in [1.54, 1.807) is 12.1 Å². The Labute approximate surface area is 129 Å². The van der Waals surface area contributed by atoms with Gasteiger partial charge in [-0.25, -0.2) is 0 Å². The van der Waals surface area contributed by atoms with Crippen molar-refractivity contribution in [2.24, 2.45) is 5.92 Å². The van der Waals surface area contributed by atoms with E-state index in [9.17, 15) is 4.79 Å². The van der Waals surface area contributed by atoms with Gasteiger partial charge < -0.3 is 14.1 Å². The molecule has 0 radical (unpaired) electrons. The van der Waals surface area contributed by atoms with Crippen LogP contribution in [0, 0.1) is 5.92 Å². The molecule has 0 aromatic carbocycles. The third-order valence-electron chi connectivity index (χ3n) is 4.52. The van der Waals surface area contributed by atoms with E-state index < -0.39 is 0 Å². The SMILES string of the molecule is CC[C@H]1CN(C(=O)c2ccc(Cl)o2)C[C@H]1N1CCOCC1. The van der Waals surface area contributed by atoms with Crippen LogP contribution >= 0.6 is 11.6 Å². The highest BCUT2D eigenvalue weighted by Crippen LogP contribution is 2.27. The van der Waals surface area contributed by atoms with Crippen molar-refractivity contribution in [3.05, 3.63) is 23.1 Å². The summed E-state index contributed by atoms with van der Waals surface area (Å²) in [7, 11) is 0. The topological polar surface area (TPSA) is 45.9 Å². The van der Waals surface area contributed by atoms with Crippen LogP contribution in [-0.4, -0.2) is 61.1 Å². The summed E-state index contributed by atoms with van der Waals surface area (Å²) >= 11 is 5.76. The number of likely N-dealkylation sites (tertiary alicyclic amines) is 1. The van der Waals surface area contributed by atoms with Gasteiger partial charge in [0.1, 0.15) is 0 Å². The molecule has 0 unspecified atom stereocenters. The van der Waals surface area contributed by atoms with Crippen molar-refractivity contribution in [3.8, 4) is 0 Å². The molecule has 5 nitrogen and oxygen atoms in total. The van der Waals surface area contributed by atoms with Crippen LogP contribution in [0.1, 0.15) is 23.9 Å². The van der Waals surface area contributed by atoms with Crippen LogP contribution in [0.4, 0.5) is 0 Å². The summed E-state index contributed by atoms with van der Waals surface area (Å²) < 4.78 is 10.7. The molecule has 1 aromatic rings. The zero-order valence-electron chi connectivity index (χ0n) is 12.3. The van der Waals surface area contributed by atoms with Crippen LogP contribution in [0.5, 0.6) is 0 Å². The molecule has 3 heterocycles. The number of nitrogens with zero attached hydrogens (tertiary/aromatic N) is 2. The second-order valence-electron chi connectivity index (χ2n) is 5.70. The van der Waals surface area contributed by atoms with E-state index in [0.29, 0.717) is 17.7 Å². The zero-order valence-corrected chi connectivity index (χ0v) is 13.0. The van der Waals surface area contributed by atoms with E-state index in [-0.39, 0.29) is 11.1 Å². The van der Waals surface area contributed by atoms with E-state index in [1.165, 1.54) is 0 Å². The van der Waals surface area contributed by atoms with Gasteiger partial charge in [-0.2, -0.15) is 0 Å². The smallest absolute Gasteiger partial charge is 0.289 e. The molecule has 0 N–H and O–H groups in total. The molecule has 6 heteroatoms. The van der Waals surface area contributed by atoms with Crippen molar-refractivity contribution in [2.45, 2.75) is 19.4 Å². The maximum atomic E-state index is 12.5. The first-order valence-electron chi connectivity index (χ1n) is 7.55. The summed E-state index contributed by atoms with van der Waals surface area (Å²) in [4.78, 5) is 16.8. The minimum absolute atomic E-state index is 0.0592. The lowest BCUT2D eigenvalue weighted by molar-refractivity contribution is 0.0102. The summed E-state index contributed by atoms with van der Waals surface area (Å²) in [5.41, 5.74) is 0. The maximum Gasteiger partial charge on any atom is 0.289 e. The Bertz CT molecular complexity index is 499. The molecule has 0 saturated carbocycles. The normalized spacial score (nSPS) is 27.2. The van der Waals surface area contributed by atoms with E-state index in [0.717, 1.165) is 45.8 Å². The first-order chi connectivity index (χ1) is 10.2. The minimum atomic E-state index is -0.0592. The van der Waals surface area contributed by atoms with Crippen molar-refractivity contribution in [1.29, 1.82) is 0 Å². The second-order valence-corrected chi connectivity index (χ2v) is 6.07. The molecule has 2 aliphatic heterocycles. The maximum absolute atomic E-state index is 12.5. The van der Waals surface area contributed by atoms with Crippen molar-refractivity contribution < 1.29 is 13.9 Å². The molecule has 0 spiro atoms. The summed E-state index contributed by atoms with van der Waals surface area (Å²) in [6.07, 6.45) is 1.07. The molecule has 116 valence electrons. The van der Waals surface area contributed by atoms with Gasteiger partial charge in [0, 0.05) is 32.2 Å². The first kappa shape index (κ1) is 14.9. The lowest BCUT2D eigenvalue weighted by Crippen LogP contribution is -2.47. The number of furan rings is 1. The lowest BCUT2D eigenvalue weighted by Gasteiger charge is -2.34. The monoisotopic (exact) mass is 312 g/mol. The number of amides is 1. The Morgan fingerprint density at radius 1 is 1.33 bits per heavy atom. The minimum Gasteiger partial charge on any atom is -0.440 e. The van der Waals surface area contributed by atoms with E-state index in [2.05, 4.69) is 11.8 Å².